The van der Waals surface area contributed by atoms with Crippen LogP contribution in [0.1, 0.15) is 39.7 Å². The highest BCUT2D eigenvalue weighted by Crippen LogP contribution is 2.28. The van der Waals surface area contributed by atoms with Crippen LogP contribution in [0.25, 0.3) is 0 Å². The van der Waals surface area contributed by atoms with Gasteiger partial charge in [-0.1, -0.05) is 19.9 Å². The standard InChI is InChI=1S/C21H35N3O3/c1-15-9-16(2)12-24(11-15)21(3,4)14-22-20(26)23(5)13-17-7-8-19(27-6)18(25)10-17/h7-8,10,15-16,25H,9,11-14H2,1-6H3,(H,22,26). The van der Waals surface area contributed by atoms with Gasteiger partial charge in [0.25, 0.3) is 0 Å². The Balaban J connectivity index is 1.89. The smallest absolute Gasteiger partial charge is 0.317 e. The third-order valence-corrected chi connectivity index (χ3v) is 5.41. The van der Waals surface area contributed by atoms with E-state index in [1.165, 1.54) is 13.5 Å². The van der Waals surface area contributed by atoms with Gasteiger partial charge in [-0.15, -0.1) is 0 Å². The van der Waals surface area contributed by atoms with Crippen LogP contribution in [0, 0.1) is 11.8 Å². The number of likely N-dealkylation sites (tertiary alicyclic amines) is 1. The van der Waals surface area contributed by atoms with Crippen molar-refractivity contribution in [2.24, 2.45) is 11.8 Å². The minimum atomic E-state index is -0.114. The molecule has 0 aliphatic carbocycles. The number of benzene rings is 1. The molecule has 0 spiro atoms. The molecule has 1 fully saturated rings. The first-order valence-corrected chi connectivity index (χ1v) is 9.72. The van der Waals surface area contributed by atoms with Crippen LogP contribution in [0.4, 0.5) is 4.79 Å². The number of ether oxygens (including phenoxy) is 1. The van der Waals surface area contributed by atoms with Gasteiger partial charge >= 0.3 is 6.03 Å². The molecule has 2 N–H and O–H groups in total. The Bertz CT molecular complexity index is 638. The lowest BCUT2D eigenvalue weighted by atomic mass is 9.88. The van der Waals surface area contributed by atoms with Crippen molar-refractivity contribution < 1.29 is 14.6 Å². The summed E-state index contributed by atoms with van der Waals surface area (Å²) in [7, 11) is 3.27. The Labute approximate surface area is 163 Å². The molecule has 0 bridgehead atoms. The number of aromatic hydroxyl groups is 1. The number of amides is 2. The van der Waals surface area contributed by atoms with Gasteiger partial charge < -0.3 is 20.1 Å². The zero-order valence-electron chi connectivity index (χ0n) is 17.6. The van der Waals surface area contributed by atoms with Gasteiger partial charge in [0.2, 0.25) is 0 Å². The average molecular weight is 378 g/mol. The van der Waals surface area contributed by atoms with Gasteiger partial charge in [-0.2, -0.15) is 0 Å². The number of methoxy groups -OCH3 is 1. The second-order valence-electron chi connectivity index (χ2n) is 8.68. The summed E-state index contributed by atoms with van der Waals surface area (Å²) in [6.07, 6.45) is 1.27. The van der Waals surface area contributed by atoms with E-state index in [0.717, 1.165) is 18.7 Å². The summed E-state index contributed by atoms with van der Waals surface area (Å²) in [5.41, 5.74) is 0.765. The van der Waals surface area contributed by atoms with Crippen molar-refractivity contribution >= 4 is 6.03 Å². The zero-order chi connectivity index (χ0) is 20.2. The van der Waals surface area contributed by atoms with Crippen LogP contribution in [0.5, 0.6) is 11.5 Å². The molecule has 1 aromatic carbocycles. The highest BCUT2D eigenvalue weighted by Gasteiger charge is 2.33. The van der Waals surface area contributed by atoms with Gasteiger partial charge in [0.15, 0.2) is 11.5 Å². The second kappa shape index (κ2) is 8.83. The monoisotopic (exact) mass is 377 g/mol. The Morgan fingerprint density at radius 3 is 2.52 bits per heavy atom. The fourth-order valence-electron chi connectivity index (χ4n) is 3.88. The molecular weight excluding hydrogens is 342 g/mol. The minimum absolute atomic E-state index is 0.0817. The lowest BCUT2D eigenvalue weighted by molar-refractivity contribution is 0.0465. The molecule has 1 aliphatic heterocycles. The number of carbonyl (C=O) groups excluding carboxylic acids is 1. The maximum Gasteiger partial charge on any atom is 0.317 e. The number of nitrogens with one attached hydrogen (secondary N) is 1. The second-order valence-corrected chi connectivity index (χ2v) is 8.68. The Morgan fingerprint density at radius 1 is 1.33 bits per heavy atom. The highest BCUT2D eigenvalue weighted by molar-refractivity contribution is 5.74. The van der Waals surface area contributed by atoms with Crippen LogP contribution in [-0.4, -0.2) is 60.3 Å². The van der Waals surface area contributed by atoms with Crippen molar-refractivity contribution in [2.75, 3.05) is 33.8 Å². The molecule has 2 rings (SSSR count). The van der Waals surface area contributed by atoms with Crippen molar-refractivity contribution in [3.63, 3.8) is 0 Å². The van der Waals surface area contributed by atoms with Crippen molar-refractivity contribution in [1.29, 1.82) is 0 Å². The predicted molar refractivity (Wildman–Crippen MR) is 108 cm³/mol. The fourth-order valence-corrected chi connectivity index (χ4v) is 3.88. The van der Waals surface area contributed by atoms with E-state index in [1.807, 2.05) is 6.07 Å². The first-order valence-electron chi connectivity index (χ1n) is 9.72. The van der Waals surface area contributed by atoms with E-state index in [4.69, 9.17) is 4.74 Å². The van der Waals surface area contributed by atoms with E-state index in [-0.39, 0.29) is 17.3 Å². The summed E-state index contributed by atoms with van der Waals surface area (Å²) in [4.78, 5) is 16.6. The molecule has 1 heterocycles. The molecule has 6 heteroatoms. The van der Waals surface area contributed by atoms with Crippen LogP contribution in [-0.2, 0) is 6.54 Å². The number of phenolic OH excluding ortho intramolecular Hbond substituents is 1. The first kappa shape index (κ1) is 21.4. The topological polar surface area (TPSA) is 65.0 Å². The third-order valence-electron chi connectivity index (χ3n) is 5.41. The highest BCUT2D eigenvalue weighted by atomic mass is 16.5. The largest absolute Gasteiger partial charge is 0.504 e. The molecule has 152 valence electrons. The molecular formula is C21H35N3O3. The van der Waals surface area contributed by atoms with Gasteiger partial charge in [-0.25, -0.2) is 4.79 Å². The number of piperidine rings is 1. The maximum absolute atomic E-state index is 12.5. The lowest BCUT2D eigenvalue weighted by Gasteiger charge is -2.45. The number of rotatable bonds is 6. The zero-order valence-corrected chi connectivity index (χ0v) is 17.6. The summed E-state index contributed by atoms with van der Waals surface area (Å²) in [6.45, 7) is 12.2. The van der Waals surface area contributed by atoms with Crippen molar-refractivity contribution in [3.8, 4) is 11.5 Å². The van der Waals surface area contributed by atoms with Crippen LogP contribution in [0.15, 0.2) is 18.2 Å². The molecule has 0 saturated carbocycles. The van der Waals surface area contributed by atoms with Gasteiger partial charge in [0.05, 0.1) is 7.11 Å². The Morgan fingerprint density at radius 2 is 1.96 bits per heavy atom. The first-order chi connectivity index (χ1) is 12.6. The summed E-state index contributed by atoms with van der Waals surface area (Å²) in [5, 5.41) is 13.0. The van der Waals surface area contributed by atoms with Crippen LogP contribution in [0.2, 0.25) is 0 Å². The SMILES string of the molecule is COc1ccc(CN(C)C(=O)NCC(C)(C)N2CC(C)CC(C)C2)cc1O. The van der Waals surface area contributed by atoms with E-state index in [1.54, 1.807) is 24.1 Å². The van der Waals surface area contributed by atoms with Gasteiger partial charge in [-0.05, 0) is 49.8 Å². The van der Waals surface area contributed by atoms with Crippen molar-refractivity contribution in [1.82, 2.24) is 15.1 Å². The van der Waals surface area contributed by atoms with E-state index in [0.29, 0.717) is 30.7 Å². The van der Waals surface area contributed by atoms with Crippen molar-refractivity contribution in [2.45, 2.75) is 46.2 Å². The molecule has 2 unspecified atom stereocenters. The normalized spacial score (nSPS) is 21.0. The number of nitrogens with zero attached hydrogens (tertiary/aromatic N) is 2. The molecule has 2 atom stereocenters. The fraction of sp³-hybridized carbons (Fsp3) is 0.667. The molecule has 2 amide bonds. The minimum Gasteiger partial charge on any atom is -0.504 e. The summed E-state index contributed by atoms with van der Waals surface area (Å²) >= 11 is 0. The molecule has 1 aromatic rings. The lowest BCUT2D eigenvalue weighted by Crippen LogP contribution is -2.57. The Kier molecular flexibility index (Phi) is 6.98. The number of urea groups is 1. The number of hydrogen-bond acceptors (Lipinski definition) is 4. The maximum atomic E-state index is 12.5. The predicted octanol–water partition coefficient (Wildman–Crippen LogP) is 3.30. The van der Waals surface area contributed by atoms with Crippen LogP contribution in [0.3, 0.4) is 0 Å². The third kappa shape index (κ3) is 5.76. The van der Waals surface area contributed by atoms with Crippen LogP contribution >= 0.6 is 0 Å². The number of phenols is 1. The van der Waals surface area contributed by atoms with Crippen molar-refractivity contribution in [3.05, 3.63) is 23.8 Å². The molecule has 1 saturated heterocycles. The summed E-state index contributed by atoms with van der Waals surface area (Å²) < 4.78 is 5.05. The van der Waals surface area contributed by atoms with Gasteiger partial charge in [0, 0.05) is 38.8 Å². The average Bonchev–Trinajstić information content (AvgIpc) is 2.59. The van der Waals surface area contributed by atoms with E-state index in [9.17, 15) is 9.90 Å². The van der Waals surface area contributed by atoms with Gasteiger partial charge in [-0.3, -0.25) is 4.90 Å². The molecule has 1 aliphatic rings. The summed E-state index contributed by atoms with van der Waals surface area (Å²) in [5.74, 6) is 1.89. The van der Waals surface area contributed by atoms with Gasteiger partial charge in [0.1, 0.15) is 0 Å². The molecule has 0 radical (unpaired) electrons. The van der Waals surface area contributed by atoms with Crippen LogP contribution < -0.4 is 10.1 Å². The quantitative estimate of drug-likeness (QED) is 0.798. The molecule has 27 heavy (non-hydrogen) atoms. The van der Waals surface area contributed by atoms with E-state index >= 15 is 0 Å². The van der Waals surface area contributed by atoms with E-state index in [2.05, 4.69) is 37.9 Å². The van der Waals surface area contributed by atoms with E-state index < -0.39 is 0 Å². The molecule has 6 nitrogen and oxygen atoms in total. The number of carbonyl (C=O) groups is 1. The number of hydrogen-bond donors (Lipinski definition) is 2. The summed E-state index contributed by atoms with van der Waals surface area (Å²) in [6, 6.07) is 5.07. The Hall–Kier alpha value is -1.95. The molecule has 0 aromatic heterocycles.